The molecule has 0 N–H and O–H groups in total. The molecular formula is C13H17FN2O. The minimum atomic E-state index is -0.419. The average Bonchev–Trinajstić information content (AvgIpc) is 2.36. The van der Waals surface area contributed by atoms with Crippen LogP contribution < -0.4 is 4.74 Å². The van der Waals surface area contributed by atoms with Crippen LogP contribution >= 0.6 is 0 Å². The molecule has 0 radical (unpaired) electrons. The summed E-state index contributed by atoms with van der Waals surface area (Å²) >= 11 is 0. The van der Waals surface area contributed by atoms with Gasteiger partial charge in [0.05, 0.1) is 5.56 Å². The minimum absolute atomic E-state index is 0.240. The van der Waals surface area contributed by atoms with Crippen molar-refractivity contribution in [3.05, 3.63) is 29.6 Å². The quantitative estimate of drug-likeness (QED) is 0.761. The third-order valence-corrected chi connectivity index (χ3v) is 2.62. The Labute approximate surface area is 101 Å². The first kappa shape index (κ1) is 13.5. The topological polar surface area (TPSA) is 36.3 Å². The zero-order valence-corrected chi connectivity index (χ0v) is 10.2. The van der Waals surface area contributed by atoms with Gasteiger partial charge in [0.2, 0.25) is 0 Å². The Balaban J connectivity index is 2.55. The Morgan fingerprint density at radius 2 is 2.06 bits per heavy atom. The number of likely N-dealkylation sites (N-methyl/N-ethyl adjacent to an activating group) is 1. The first-order valence-corrected chi connectivity index (χ1v) is 5.76. The highest BCUT2D eigenvalue weighted by atomic mass is 19.1. The molecule has 0 fully saturated rings. The fourth-order valence-corrected chi connectivity index (χ4v) is 1.54. The van der Waals surface area contributed by atoms with Crippen LogP contribution in [0.3, 0.4) is 0 Å². The third kappa shape index (κ3) is 4.04. The van der Waals surface area contributed by atoms with Crippen molar-refractivity contribution in [2.24, 2.45) is 0 Å². The van der Waals surface area contributed by atoms with E-state index in [-0.39, 0.29) is 5.56 Å². The summed E-state index contributed by atoms with van der Waals surface area (Å²) in [6, 6.07) is 5.91. The molecule has 1 aromatic rings. The second-order valence-corrected chi connectivity index (χ2v) is 3.63. The van der Waals surface area contributed by atoms with Crippen LogP contribution in [-0.4, -0.2) is 31.1 Å². The monoisotopic (exact) mass is 236 g/mol. The molecular weight excluding hydrogens is 219 g/mol. The van der Waals surface area contributed by atoms with Gasteiger partial charge in [0.25, 0.3) is 0 Å². The summed E-state index contributed by atoms with van der Waals surface area (Å²) in [5, 5.41) is 8.84. The summed E-state index contributed by atoms with van der Waals surface area (Å²) in [6.07, 6.45) is 0. The van der Waals surface area contributed by atoms with E-state index in [1.165, 1.54) is 18.2 Å². The maximum Gasteiger partial charge on any atom is 0.137 e. The van der Waals surface area contributed by atoms with Gasteiger partial charge in [-0.2, -0.15) is 5.26 Å². The summed E-state index contributed by atoms with van der Waals surface area (Å²) in [4.78, 5) is 2.22. The van der Waals surface area contributed by atoms with Gasteiger partial charge >= 0.3 is 0 Å². The lowest BCUT2D eigenvalue weighted by molar-refractivity contribution is 0.222. The average molecular weight is 236 g/mol. The number of nitrogens with zero attached hydrogens (tertiary/aromatic N) is 2. The normalized spacial score (nSPS) is 10.3. The molecule has 3 nitrogen and oxygen atoms in total. The standard InChI is InChI=1S/C13H17FN2O/c1-3-16(4-2)7-8-17-13-6-5-12(14)9-11(13)10-15/h5-6,9H,3-4,7-8H2,1-2H3. The zero-order valence-electron chi connectivity index (χ0n) is 10.2. The van der Waals surface area contributed by atoms with E-state index in [0.717, 1.165) is 19.6 Å². The fourth-order valence-electron chi connectivity index (χ4n) is 1.54. The molecule has 0 unspecified atom stereocenters. The van der Waals surface area contributed by atoms with Gasteiger partial charge in [0.1, 0.15) is 24.2 Å². The van der Waals surface area contributed by atoms with E-state index in [9.17, 15) is 4.39 Å². The molecule has 0 spiro atoms. The number of hydrogen-bond donors (Lipinski definition) is 0. The van der Waals surface area contributed by atoms with Crippen molar-refractivity contribution >= 4 is 0 Å². The second-order valence-electron chi connectivity index (χ2n) is 3.63. The molecule has 0 amide bonds. The van der Waals surface area contributed by atoms with Crippen molar-refractivity contribution in [3.63, 3.8) is 0 Å². The van der Waals surface area contributed by atoms with E-state index in [0.29, 0.717) is 12.4 Å². The van der Waals surface area contributed by atoms with Crippen LogP contribution in [0.2, 0.25) is 0 Å². The minimum Gasteiger partial charge on any atom is -0.491 e. The Morgan fingerprint density at radius 1 is 1.35 bits per heavy atom. The van der Waals surface area contributed by atoms with E-state index in [1.807, 2.05) is 6.07 Å². The lowest BCUT2D eigenvalue weighted by atomic mass is 10.2. The van der Waals surface area contributed by atoms with E-state index >= 15 is 0 Å². The molecule has 4 heteroatoms. The molecule has 0 atom stereocenters. The Bertz CT molecular complexity index is 397. The van der Waals surface area contributed by atoms with Gasteiger partial charge in [-0.25, -0.2) is 4.39 Å². The van der Waals surface area contributed by atoms with Gasteiger partial charge in [0, 0.05) is 6.54 Å². The number of nitriles is 1. The van der Waals surface area contributed by atoms with Crippen LogP contribution in [0.5, 0.6) is 5.75 Å². The molecule has 17 heavy (non-hydrogen) atoms. The molecule has 1 aromatic carbocycles. The van der Waals surface area contributed by atoms with E-state index < -0.39 is 5.82 Å². The van der Waals surface area contributed by atoms with Crippen molar-refractivity contribution in [1.29, 1.82) is 5.26 Å². The first-order chi connectivity index (χ1) is 8.21. The summed E-state index contributed by atoms with van der Waals surface area (Å²) in [7, 11) is 0. The molecule has 0 aliphatic rings. The van der Waals surface area contributed by atoms with E-state index in [1.54, 1.807) is 0 Å². The number of ether oxygens (including phenoxy) is 1. The highest BCUT2D eigenvalue weighted by Crippen LogP contribution is 2.18. The van der Waals surface area contributed by atoms with Crippen LogP contribution in [0.25, 0.3) is 0 Å². The second kappa shape index (κ2) is 6.87. The molecule has 0 aromatic heterocycles. The Hall–Kier alpha value is -1.60. The Kier molecular flexibility index (Phi) is 5.44. The molecule has 0 aliphatic heterocycles. The van der Waals surface area contributed by atoms with Gasteiger partial charge in [0.15, 0.2) is 0 Å². The number of rotatable bonds is 6. The summed E-state index contributed by atoms with van der Waals surface area (Å²) in [6.45, 7) is 7.41. The summed E-state index contributed by atoms with van der Waals surface area (Å²) in [5.74, 6) is 0.0266. The van der Waals surface area contributed by atoms with Gasteiger partial charge in [-0.05, 0) is 31.3 Å². The first-order valence-electron chi connectivity index (χ1n) is 5.76. The van der Waals surface area contributed by atoms with E-state index in [2.05, 4.69) is 18.7 Å². The maximum atomic E-state index is 12.9. The Morgan fingerprint density at radius 3 is 2.65 bits per heavy atom. The van der Waals surface area contributed by atoms with Crippen LogP contribution in [-0.2, 0) is 0 Å². The van der Waals surface area contributed by atoms with Crippen molar-refractivity contribution in [3.8, 4) is 11.8 Å². The van der Waals surface area contributed by atoms with Crippen LogP contribution in [0.4, 0.5) is 4.39 Å². The van der Waals surface area contributed by atoms with Crippen molar-refractivity contribution in [2.45, 2.75) is 13.8 Å². The number of halogens is 1. The van der Waals surface area contributed by atoms with Gasteiger partial charge < -0.3 is 9.64 Å². The van der Waals surface area contributed by atoms with Crippen molar-refractivity contribution in [2.75, 3.05) is 26.2 Å². The van der Waals surface area contributed by atoms with Crippen molar-refractivity contribution < 1.29 is 9.13 Å². The molecule has 1 rings (SSSR count). The van der Waals surface area contributed by atoms with Gasteiger partial charge in [-0.3, -0.25) is 0 Å². The molecule has 0 aliphatic carbocycles. The highest BCUT2D eigenvalue weighted by molar-refractivity contribution is 5.42. The smallest absolute Gasteiger partial charge is 0.137 e. The zero-order chi connectivity index (χ0) is 12.7. The summed E-state index contributed by atoms with van der Waals surface area (Å²) in [5.41, 5.74) is 0.240. The molecule has 0 saturated carbocycles. The number of hydrogen-bond acceptors (Lipinski definition) is 3. The summed E-state index contributed by atoms with van der Waals surface area (Å²) < 4.78 is 18.4. The predicted octanol–water partition coefficient (Wildman–Crippen LogP) is 2.42. The van der Waals surface area contributed by atoms with Crippen LogP contribution in [0, 0.1) is 17.1 Å². The van der Waals surface area contributed by atoms with Crippen LogP contribution in [0.15, 0.2) is 18.2 Å². The molecule has 0 bridgehead atoms. The van der Waals surface area contributed by atoms with E-state index in [4.69, 9.17) is 10.00 Å². The van der Waals surface area contributed by atoms with Gasteiger partial charge in [-0.1, -0.05) is 13.8 Å². The third-order valence-electron chi connectivity index (χ3n) is 2.62. The van der Waals surface area contributed by atoms with Crippen molar-refractivity contribution in [1.82, 2.24) is 4.90 Å². The SMILES string of the molecule is CCN(CC)CCOc1ccc(F)cc1C#N. The molecule has 0 saturated heterocycles. The largest absolute Gasteiger partial charge is 0.491 e. The maximum absolute atomic E-state index is 12.9. The highest BCUT2D eigenvalue weighted by Gasteiger charge is 2.05. The number of benzene rings is 1. The van der Waals surface area contributed by atoms with Crippen LogP contribution in [0.1, 0.15) is 19.4 Å². The predicted molar refractivity (Wildman–Crippen MR) is 64.4 cm³/mol. The molecule has 0 heterocycles. The van der Waals surface area contributed by atoms with Gasteiger partial charge in [-0.15, -0.1) is 0 Å². The molecule has 92 valence electrons. The fraction of sp³-hybridized carbons (Fsp3) is 0.462. The lowest BCUT2D eigenvalue weighted by Gasteiger charge is -2.18. The lowest BCUT2D eigenvalue weighted by Crippen LogP contribution is -2.28.